The molecule has 22 heavy (non-hydrogen) atoms. The molecule has 0 aliphatic rings. The first kappa shape index (κ1) is 15.0. The third kappa shape index (κ3) is 3.14. The van der Waals surface area contributed by atoms with E-state index in [-0.39, 0.29) is 0 Å². The normalized spacial score (nSPS) is 12.7. The largest absolute Gasteiger partial charge is 0.387 e. The second-order valence-electron chi connectivity index (χ2n) is 5.27. The highest BCUT2D eigenvalue weighted by Gasteiger charge is 2.09. The van der Waals surface area contributed by atoms with Crippen molar-refractivity contribution in [3.05, 3.63) is 64.9 Å². The Labute approximate surface area is 134 Å². The number of hydrogen-bond donors (Lipinski definition) is 2. The number of nitrogens with zero attached hydrogens (tertiary/aromatic N) is 2. The molecule has 1 aromatic heterocycles. The summed E-state index contributed by atoms with van der Waals surface area (Å²) in [7, 11) is 2.00. The van der Waals surface area contributed by atoms with Crippen molar-refractivity contribution in [2.24, 2.45) is 7.05 Å². The van der Waals surface area contributed by atoms with E-state index in [9.17, 15) is 5.11 Å². The summed E-state index contributed by atoms with van der Waals surface area (Å²) in [6.07, 6.45) is -0.563. The SMILES string of the molecule is Cn1c(CNCC(O)c2ccc(Cl)cc2)nc2ccccc21. The van der Waals surface area contributed by atoms with Crippen LogP contribution in [0.3, 0.4) is 0 Å². The Hall–Kier alpha value is -1.88. The van der Waals surface area contributed by atoms with E-state index in [1.54, 1.807) is 12.1 Å². The van der Waals surface area contributed by atoms with E-state index in [4.69, 9.17) is 11.6 Å². The van der Waals surface area contributed by atoms with Crippen molar-refractivity contribution in [1.29, 1.82) is 0 Å². The zero-order chi connectivity index (χ0) is 15.5. The van der Waals surface area contributed by atoms with Crippen LogP contribution in [0.4, 0.5) is 0 Å². The highest BCUT2D eigenvalue weighted by Crippen LogP contribution is 2.17. The number of halogens is 1. The lowest BCUT2D eigenvalue weighted by molar-refractivity contribution is 0.174. The summed E-state index contributed by atoms with van der Waals surface area (Å²) in [6, 6.07) is 15.3. The molecule has 0 bridgehead atoms. The van der Waals surface area contributed by atoms with E-state index in [1.807, 2.05) is 43.4 Å². The quantitative estimate of drug-likeness (QED) is 0.761. The summed E-state index contributed by atoms with van der Waals surface area (Å²) in [4.78, 5) is 4.59. The van der Waals surface area contributed by atoms with Crippen molar-refractivity contribution in [3.63, 3.8) is 0 Å². The fourth-order valence-electron chi connectivity index (χ4n) is 2.48. The molecule has 0 aliphatic carbocycles. The van der Waals surface area contributed by atoms with Gasteiger partial charge >= 0.3 is 0 Å². The number of fused-ring (bicyclic) bond motifs is 1. The van der Waals surface area contributed by atoms with Gasteiger partial charge in [-0.2, -0.15) is 0 Å². The lowest BCUT2D eigenvalue weighted by atomic mass is 10.1. The first-order valence-electron chi connectivity index (χ1n) is 7.20. The number of hydrogen-bond acceptors (Lipinski definition) is 3. The van der Waals surface area contributed by atoms with Crippen molar-refractivity contribution in [3.8, 4) is 0 Å². The van der Waals surface area contributed by atoms with Crippen LogP contribution in [0.15, 0.2) is 48.5 Å². The number of aromatic nitrogens is 2. The van der Waals surface area contributed by atoms with Gasteiger partial charge in [-0.15, -0.1) is 0 Å². The predicted molar refractivity (Wildman–Crippen MR) is 88.8 cm³/mol. The Kier molecular flexibility index (Phi) is 4.43. The van der Waals surface area contributed by atoms with E-state index in [0.29, 0.717) is 18.1 Å². The van der Waals surface area contributed by atoms with Gasteiger partial charge in [0.05, 0.1) is 23.7 Å². The van der Waals surface area contributed by atoms with Gasteiger partial charge in [0, 0.05) is 18.6 Å². The van der Waals surface area contributed by atoms with Gasteiger partial charge in [0.15, 0.2) is 0 Å². The van der Waals surface area contributed by atoms with Crippen molar-refractivity contribution in [1.82, 2.24) is 14.9 Å². The van der Waals surface area contributed by atoms with Crippen LogP contribution in [0, 0.1) is 0 Å². The minimum Gasteiger partial charge on any atom is -0.387 e. The van der Waals surface area contributed by atoms with Crippen LogP contribution in [0.1, 0.15) is 17.5 Å². The first-order chi connectivity index (χ1) is 10.6. The Balaban J connectivity index is 1.62. The molecule has 1 atom stereocenters. The third-order valence-corrected chi connectivity index (χ3v) is 4.01. The molecule has 1 heterocycles. The minimum absolute atomic E-state index is 0.463. The molecule has 2 N–H and O–H groups in total. The maximum absolute atomic E-state index is 10.2. The molecular formula is C17H18ClN3O. The molecule has 114 valence electrons. The van der Waals surface area contributed by atoms with Gasteiger partial charge in [0.1, 0.15) is 5.82 Å². The Morgan fingerprint density at radius 2 is 1.91 bits per heavy atom. The van der Waals surface area contributed by atoms with Crippen LogP contribution in [0.5, 0.6) is 0 Å². The number of imidazole rings is 1. The van der Waals surface area contributed by atoms with Crippen LogP contribution in [-0.4, -0.2) is 21.2 Å². The van der Waals surface area contributed by atoms with Crippen molar-refractivity contribution in [2.45, 2.75) is 12.6 Å². The smallest absolute Gasteiger partial charge is 0.123 e. The Morgan fingerprint density at radius 3 is 2.64 bits per heavy atom. The molecule has 0 saturated heterocycles. The molecule has 5 heteroatoms. The van der Waals surface area contributed by atoms with E-state index in [1.165, 1.54) is 0 Å². The molecule has 0 fully saturated rings. The van der Waals surface area contributed by atoms with E-state index in [2.05, 4.69) is 14.9 Å². The standard InChI is InChI=1S/C17H18ClN3O/c1-21-15-5-3-2-4-14(15)20-17(21)11-19-10-16(22)12-6-8-13(18)9-7-12/h2-9,16,19,22H,10-11H2,1H3. The number of rotatable bonds is 5. The van der Waals surface area contributed by atoms with Gasteiger partial charge in [0.2, 0.25) is 0 Å². The van der Waals surface area contributed by atoms with Gasteiger partial charge in [-0.1, -0.05) is 35.9 Å². The summed E-state index contributed by atoms with van der Waals surface area (Å²) in [5.74, 6) is 0.949. The molecule has 0 radical (unpaired) electrons. The summed E-state index contributed by atoms with van der Waals surface area (Å²) in [5.41, 5.74) is 2.94. The molecule has 0 aliphatic heterocycles. The zero-order valence-electron chi connectivity index (χ0n) is 12.3. The summed E-state index contributed by atoms with van der Waals surface area (Å²) in [6.45, 7) is 1.07. The molecule has 0 saturated carbocycles. The number of aliphatic hydroxyl groups is 1. The van der Waals surface area contributed by atoms with Crippen LogP contribution < -0.4 is 5.32 Å². The minimum atomic E-state index is -0.563. The highest BCUT2D eigenvalue weighted by molar-refractivity contribution is 6.30. The molecule has 0 spiro atoms. The average Bonchev–Trinajstić information content (AvgIpc) is 2.85. The fourth-order valence-corrected chi connectivity index (χ4v) is 2.60. The molecule has 0 amide bonds. The van der Waals surface area contributed by atoms with Crippen LogP contribution in [0.25, 0.3) is 11.0 Å². The summed E-state index contributed by atoms with van der Waals surface area (Å²) >= 11 is 5.85. The lowest BCUT2D eigenvalue weighted by Crippen LogP contribution is -2.22. The van der Waals surface area contributed by atoms with Gasteiger partial charge in [0.25, 0.3) is 0 Å². The number of aryl methyl sites for hydroxylation is 1. The van der Waals surface area contributed by atoms with Crippen LogP contribution >= 0.6 is 11.6 Å². The summed E-state index contributed by atoms with van der Waals surface area (Å²) in [5, 5.41) is 14.1. The molecule has 3 rings (SSSR count). The van der Waals surface area contributed by atoms with Crippen LogP contribution in [-0.2, 0) is 13.6 Å². The predicted octanol–water partition coefficient (Wildman–Crippen LogP) is 3.05. The lowest BCUT2D eigenvalue weighted by Gasteiger charge is -2.12. The molecular weight excluding hydrogens is 298 g/mol. The second kappa shape index (κ2) is 6.48. The van der Waals surface area contributed by atoms with Gasteiger partial charge < -0.3 is 15.0 Å². The van der Waals surface area contributed by atoms with Gasteiger partial charge in [-0.05, 0) is 29.8 Å². The zero-order valence-corrected chi connectivity index (χ0v) is 13.1. The number of para-hydroxylation sites is 2. The van der Waals surface area contributed by atoms with Gasteiger partial charge in [-0.3, -0.25) is 0 Å². The van der Waals surface area contributed by atoms with Crippen LogP contribution in [0.2, 0.25) is 5.02 Å². The first-order valence-corrected chi connectivity index (χ1v) is 7.57. The van der Waals surface area contributed by atoms with Gasteiger partial charge in [-0.25, -0.2) is 4.98 Å². The molecule has 4 nitrogen and oxygen atoms in total. The monoisotopic (exact) mass is 315 g/mol. The average molecular weight is 316 g/mol. The van der Waals surface area contributed by atoms with Crippen molar-refractivity contribution in [2.75, 3.05) is 6.54 Å². The number of nitrogens with one attached hydrogen (secondary N) is 1. The Bertz CT molecular complexity index is 767. The molecule has 3 aromatic rings. The van der Waals surface area contributed by atoms with Crippen molar-refractivity contribution < 1.29 is 5.11 Å². The highest BCUT2D eigenvalue weighted by atomic mass is 35.5. The fraction of sp³-hybridized carbons (Fsp3) is 0.235. The number of aliphatic hydroxyl groups excluding tert-OH is 1. The maximum atomic E-state index is 10.2. The van der Waals surface area contributed by atoms with E-state index in [0.717, 1.165) is 22.4 Å². The third-order valence-electron chi connectivity index (χ3n) is 3.76. The molecule has 2 aromatic carbocycles. The van der Waals surface area contributed by atoms with Crippen molar-refractivity contribution >= 4 is 22.6 Å². The second-order valence-corrected chi connectivity index (χ2v) is 5.71. The number of benzene rings is 2. The topological polar surface area (TPSA) is 50.1 Å². The molecule has 1 unspecified atom stereocenters. The van der Waals surface area contributed by atoms with E-state index < -0.39 is 6.10 Å². The summed E-state index contributed by atoms with van der Waals surface area (Å²) < 4.78 is 2.07. The van der Waals surface area contributed by atoms with E-state index >= 15 is 0 Å². The maximum Gasteiger partial charge on any atom is 0.123 e. The Morgan fingerprint density at radius 1 is 1.18 bits per heavy atom.